The summed E-state index contributed by atoms with van der Waals surface area (Å²) in [6.45, 7) is 3.87. The van der Waals surface area contributed by atoms with Crippen molar-refractivity contribution in [2.45, 2.75) is 13.8 Å². The predicted octanol–water partition coefficient (Wildman–Crippen LogP) is 2.77. The van der Waals surface area contributed by atoms with Crippen LogP contribution in [0.3, 0.4) is 0 Å². The van der Waals surface area contributed by atoms with Gasteiger partial charge in [0.2, 0.25) is 0 Å². The molecule has 1 aromatic carbocycles. The smallest absolute Gasteiger partial charge is 0.379 e. The zero-order valence-corrected chi connectivity index (χ0v) is 11.7. The summed E-state index contributed by atoms with van der Waals surface area (Å²) >= 11 is 0. The number of rotatable bonds is 3. The van der Waals surface area contributed by atoms with E-state index in [-0.39, 0.29) is 18.3 Å². The van der Waals surface area contributed by atoms with Crippen LogP contribution in [0.25, 0.3) is 22.4 Å². The largest absolute Gasteiger partial charge is 0.460 e. The molecule has 2 aromatic heterocycles. The van der Waals surface area contributed by atoms with Gasteiger partial charge in [-0.1, -0.05) is 18.2 Å². The van der Waals surface area contributed by atoms with Crippen LogP contribution in [-0.4, -0.2) is 27.7 Å². The molecule has 0 bridgehead atoms. The Hall–Kier alpha value is -2.76. The summed E-state index contributed by atoms with van der Waals surface area (Å²) in [6.07, 6.45) is 0. The number of hydrogen-bond donors (Lipinski definition) is 0. The molecular formula is C15H13N3O3. The fourth-order valence-corrected chi connectivity index (χ4v) is 2.10. The minimum Gasteiger partial charge on any atom is -0.460 e. The first-order valence-corrected chi connectivity index (χ1v) is 6.56. The number of carbonyl (C=O) groups excluding carboxylic acids is 1. The average Bonchev–Trinajstić information content (AvgIpc) is 2.96. The van der Waals surface area contributed by atoms with Crippen molar-refractivity contribution in [1.29, 1.82) is 0 Å². The van der Waals surface area contributed by atoms with E-state index < -0.39 is 5.97 Å². The number of aryl methyl sites for hydroxylation is 1. The van der Waals surface area contributed by atoms with Crippen LogP contribution in [0.5, 0.6) is 0 Å². The van der Waals surface area contributed by atoms with Gasteiger partial charge in [-0.15, -0.1) is 0 Å². The number of benzene rings is 1. The van der Waals surface area contributed by atoms with E-state index >= 15 is 0 Å². The van der Waals surface area contributed by atoms with Gasteiger partial charge in [0.1, 0.15) is 0 Å². The number of ether oxygens (including phenoxy) is 1. The molecule has 0 aliphatic rings. The summed E-state index contributed by atoms with van der Waals surface area (Å²) in [5.41, 5.74) is 2.42. The van der Waals surface area contributed by atoms with Crippen molar-refractivity contribution >= 4 is 16.9 Å². The Morgan fingerprint density at radius 3 is 2.90 bits per heavy atom. The third-order valence-electron chi connectivity index (χ3n) is 2.96. The highest BCUT2D eigenvalue weighted by atomic mass is 16.5. The van der Waals surface area contributed by atoms with Crippen molar-refractivity contribution in [1.82, 2.24) is 15.1 Å². The Kier molecular flexibility index (Phi) is 3.35. The zero-order valence-electron chi connectivity index (χ0n) is 11.7. The van der Waals surface area contributed by atoms with E-state index in [4.69, 9.17) is 9.26 Å². The number of aromatic nitrogens is 3. The number of hydrogen-bond acceptors (Lipinski definition) is 6. The molecule has 0 aliphatic heterocycles. The fourth-order valence-electron chi connectivity index (χ4n) is 2.10. The lowest BCUT2D eigenvalue weighted by Crippen LogP contribution is -2.06. The van der Waals surface area contributed by atoms with E-state index in [2.05, 4.69) is 15.1 Å². The molecule has 2 heterocycles. The number of para-hydroxylation sites is 1. The van der Waals surface area contributed by atoms with Gasteiger partial charge in [-0.05, 0) is 31.1 Å². The second-order valence-corrected chi connectivity index (χ2v) is 4.47. The molecule has 0 unspecified atom stereocenters. The zero-order chi connectivity index (χ0) is 14.8. The van der Waals surface area contributed by atoms with Crippen molar-refractivity contribution < 1.29 is 14.1 Å². The van der Waals surface area contributed by atoms with Crippen molar-refractivity contribution in [2.75, 3.05) is 6.61 Å². The van der Waals surface area contributed by atoms with Crippen molar-refractivity contribution in [3.05, 3.63) is 41.9 Å². The summed E-state index contributed by atoms with van der Waals surface area (Å²) < 4.78 is 10.0. The second kappa shape index (κ2) is 5.32. The summed E-state index contributed by atoms with van der Waals surface area (Å²) in [4.78, 5) is 20.2. The molecular weight excluding hydrogens is 270 g/mol. The lowest BCUT2D eigenvalue weighted by Gasteiger charge is -2.03. The first-order valence-electron chi connectivity index (χ1n) is 6.56. The maximum Gasteiger partial charge on any atom is 0.379 e. The molecule has 21 heavy (non-hydrogen) atoms. The first-order chi connectivity index (χ1) is 10.2. The molecule has 0 amide bonds. The molecule has 0 atom stereocenters. The number of nitrogens with zero attached hydrogens (tertiary/aromatic N) is 3. The second-order valence-electron chi connectivity index (χ2n) is 4.47. The van der Waals surface area contributed by atoms with Crippen molar-refractivity contribution in [3.8, 4) is 11.5 Å². The van der Waals surface area contributed by atoms with Gasteiger partial charge >= 0.3 is 5.97 Å². The molecule has 0 aliphatic carbocycles. The van der Waals surface area contributed by atoms with Gasteiger partial charge in [0.05, 0.1) is 17.7 Å². The molecule has 6 heteroatoms. The van der Waals surface area contributed by atoms with Crippen LogP contribution in [-0.2, 0) is 4.74 Å². The van der Waals surface area contributed by atoms with Gasteiger partial charge in [-0.25, -0.2) is 4.79 Å². The minimum atomic E-state index is -0.595. The van der Waals surface area contributed by atoms with Crippen LogP contribution in [0.2, 0.25) is 0 Å². The summed E-state index contributed by atoms with van der Waals surface area (Å²) in [5.74, 6) is -0.396. The van der Waals surface area contributed by atoms with Crippen LogP contribution in [0.4, 0.5) is 0 Å². The number of pyridine rings is 1. The van der Waals surface area contributed by atoms with Gasteiger partial charge in [0.25, 0.3) is 11.7 Å². The highest BCUT2D eigenvalue weighted by Crippen LogP contribution is 2.27. The first kappa shape index (κ1) is 13.2. The Labute approximate surface area is 120 Å². The topological polar surface area (TPSA) is 78.1 Å². The average molecular weight is 283 g/mol. The van der Waals surface area contributed by atoms with Gasteiger partial charge in [0.15, 0.2) is 0 Å². The molecule has 106 valence electrons. The molecule has 0 saturated heterocycles. The van der Waals surface area contributed by atoms with Crippen LogP contribution in [0.15, 0.2) is 34.9 Å². The third-order valence-corrected chi connectivity index (χ3v) is 2.96. The quantitative estimate of drug-likeness (QED) is 0.688. The Balaban J connectivity index is 2.10. The van der Waals surface area contributed by atoms with E-state index in [0.717, 1.165) is 22.2 Å². The highest BCUT2D eigenvalue weighted by Gasteiger charge is 2.18. The number of carbonyl (C=O) groups is 1. The molecule has 0 spiro atoms. The highest BCUT2D eigenvalue weighted by molar-refractivity contribution is 5.93. The van der Waals surface area contributed by atoms with E-state index in [9.17, 15) is 4.79 Å². The van der Waals surface area contributed by atoms with Gasteiger partial charge in [-0.2, -0.15) is 4.98 Å². The van der Waals surface area contributed by atoms with E-state index in [1.807, 2.05) is 37.3 Å². The van der Waals surface area contributed by atoms with Crippen molar-refractivity contribution in [2.24, 2.45) is 0 Å². The van der Waals surface area contributed by atoms with Crippen LogP contribution in [0, 0.1) is 6.92 Å². The van der Waals surface area contributed by atoms with Crippen LogP contribution >= 0.6 is 0 Å². The van der Waals surface area contributed by atoms with E-state index in [1.165, 1.54) is 0 Å². The Morgan fingerprint density at radius 1 is 1.29 bits per heavy atom. The molecule has 0 N–H and O–H groups in total. The number of fused-ring (bicyclic) bond motifs is 1. The summed E-state index contributed by atoms with van der Waals surface area (Å²) in [5, 5.41) is 4.56. The lowest BCUT2D eigenvalue weighted by atomic mass is 10.1. The van der Waals surface area contributed by atoms with Gasteiger partial charge in [0, 0.05) is 11.1 Å². The van der Waals surface area contributed by atoms with Crippen LogP contribution in [0.1, 0.15) is 23.2 Å². The third kappa shape index (κ3) is 2.47. The normalized spacial score (nSPS) is 10.8. The fraction of sp³-hybridized carbons (Fsp3) is 0.200. The Bertz CT molecular complexity index is 811. The molecule has 3 rings (SSSR count). The Morgan fingerprint density at radius 2 is 2.10 bits per heavy atom. The standard InChI is InChI=1S/C15H13N3O3/c1-3-20-15(19)13-17-14(21-18-13)11-8-9(2)16-12-7-5-4-6-10(11)12/h4-8H,3H2,1-2H3. The summed E-state index contributed by atoms with van der Waals surface area (Å²) in [6, 6.07) is 9.51. The molecule has 3 aromatic rings. The molecule has 0 saturated carbocycles. The van der Waals surface area contributed by atoms with Crippen LogP contribution < -0.4 is 0 Å². The van der Waals surface area contributed by atoms with Crippen molar-refractivity contribution in [3.63, 3.8) is 0 Å². The molecule has 6 nitrogen and oxygen atoms in total. The maximum atomic E-state index is 11.6. The SMILES string of the molecule is CCOC(=O)c1noc(-c2cc(C)nc3ccccc23)n1. The minimum absolute atomic E-state index is 0.0783. The monoisotopic (exact) mass is 283 g/mol. The summed E-state index contributed by atoms with van der Waals surface area (Å²) in [7, 11) is 0. The van der Waals surface area contributed by atoms with E-state index in [1.54, 1.807) is 6.92 Å². The van der Waals surface area contributed by atoms with Gasteiger partial charge < -0.3 is 9.26 Å². The predicted molar refractivity (Wildman–Crippen MR) is 75.7 cm³/mol. The van der Waals surface area contributed by atoms with E-state index in [0.29, 0.717) is 0 Å². The lowest BCUT2D eigenvalue weighted by molar-refractivity contribution is 0.0508. The number of esters is 1. The maximum absolute atomic E-state index is 11.6. The van der Waals surface area contributed by atoms with Gasteiger partial charge in [-0.3, -0.25) is 4.98 Å². The molecule has 0 fully saturated rings. The molecule has 0 radical (unpaired) electrons.